The summed E-state index contributed by atoms with van der Waals surface area (Å²) in [5.41, 5.74) is 6.45. The van der Waals surface area contributed by atoms with Gasteiger partial charge in [-0.3, -0.25) is 0 Å². The largest absolute Gasteiger partial charge is 0.488 e. The van der Waals surface area contributed by atoms with Crippen LogP contribution in [0.25, 0.3) is 0 Å². The minimum Gasteiger partial charge on any atom is -0.488 e. The summed E-state index contributed by atoms with van der Waals surface area (Å²) in [6, 6.07) is 7.67. The number of para-hydroxylation sites is 1. The summed E-state index contributed by atoms with van der Waals surface area (Å²) < 4.78 is 31.9. The smallest absolute Gasteiger partial charge is 0.220 e. The van der Waals surface area contributed by atoms with Gasteiger partial charge in [0.1, 0.15) is 17.1 Å². The first-order chi connectivity index (χ1) is 8.90. The first-order valence-electron chi connectivity index (χ1n) is 5.92. The third-order valence-corrected chi connectivity index (χ3v) is 5.35. The zero-order valence-electron chi connectivity index (χ0n) is 10.5. The van der Waals surface area contributed by atoms with Gasteiger partial charge in [-0.25, -0.2) is 13.1 Å². The molecule has 0 aromatic heterocycles. The Hall–Kier alpha value is -1.18. The zero-order chi connectivity index (χ0) is 14.0. The van der Waals surface area contributed by atoms with Crippen molar-refractivity contribution in [2.24, 2.45) is 5.73 Å². The highest BCUT2D eigenvalue weighted by Crippen LogP contribution is 2.27. The molecule has 0 saturated heterocycles. The molecule has 1 aliphatic heterocycles. The van der Waals surface area contributed by atoms with E-state index in [0.29, 0.717) is 6.42 Å². The molecule has 0 aliphatic carbocycles. The van der Waals surface area contributed by atoms with Crippen molar-refractivity contribution in [2.75, 3.05) is 6.54 Å². The number of hydrogen-bond acceptors (Lipinski definition) is 4. The van der Waals surface area contributed by atoms with Crippen molar-refractivity contribution >= 4 is 27.2 Å². The van der Waals surface area contributed by atoms with E-state index in [-0.39, 0.29) is 17.6 Å². The summed E-state index contributed by atoms with van der Waals surface area (Å²) in [5, 5.41) is -0.883. The van der Waals surface area contributed by atoms with Crippen LogP contribution in [0.4, 0.5) is 0 Å². The third-order valence-electron chi connectivity index (χ3n) is 3.09. The first-order valence-corrected chi connectivity index (χ1v) is 7.88. The maximum atomic E-state index is 11.9. The molecular formula is C12H16N2O3S2. The van der Waals surface area contributed by atoms with E-state index in [9.17, 15) is 8.42 Å². The van der Waals surface area contributed by atoms with E-state index < -0.39 is 15.3 Å². The molecule has 0 radical (unpaired) electrons. The van der Waals surface area contributed by atoms with E-state index in [1.54, 1.807) is 0 Å². The maximum Gasteiger partial charge on any atom is 0.220 e. The summed E-state index contributed by atoms with van der Waals surface area (Å²) in [5.74, 6) is 0.814. The van der Waals surface area contributed by atoms with Gasteiger partial charge in [0, 0.05) is 13.0 Å². The molecule has 1 heterocycles. The van der Waals surface area contributed by atoms with E-state index in [4.69, 9.17) is 22.7 Å². The van der Waals surface area contributed by atoms with Gasteiger partial charge in [0.05, 0.1) is 4.99 Å². The SMILES string of the molecule is CC(C(N)=S)S(=O)(=O)NCC1Cc2ccccc2O1. The molecule has 0 spiro atoms. The van der Waals surface area contributed by atoms with Crippen molar-refractivity contribution in [1.29, 1.82) is 0 Å². The molecule has 1 aromatic rings. The first kappa shape index (κ1) is 14.2. The Morgan fingerprint density at radius 2 is 2.26 bits per heavy atom. The van der Waals surface area contributed by atoms with Crippen molar-refractivity contribution in [3.05, 3.63) is 29.8 Å². The van der Waals surface area contributed by atoms with Crippen LogP contribution >= 0.6 is 12.2 Å². The molecule has 0 amide bonds. The number of rotatable bonds is 5. The summed E-state index contributed by atoms with van der Waals surface area (Å²) in [6.45, 7) is 1.68. The summed E-state index contributed by atoms with van der Waals surface area (Å²) in [7, 11) is -3.53. The number of benzene rings is 1. The number of thiocarbonyl (C=S) groups is 1. The van der Waals surface area contributed by atoms with Crippen LogP contribution < -0.4 is 15.2 Å². The van der Waals surface area contributed by atoms with E-state index in [1.807, 2.05) is 24.3 Å². The van der Waals surface area contributed by atoms with Gasteiger partial charge in [0.2, 0.25) is 10.0 Å². The molecule has 104 valence electrons. The van der Waals surface area contributed by atoms with Gasteiger partial charge < -0.3 is 10.5 Å². The Morgan fingerprint density at radius 3 is 2.89 bits per heavy atom. The standard InChI is InChI=1S/C12H16N2O3S2/c1-8(12(13)18)19(15,16)14-7-10-6-9-4-2-3-5-11(9)17-10/h2-5,8,10,14H,6-7H2,1H3,(H2,13,18). The summed E-state index contributed by atoms with van der Waals surface area (Å²) in [4.78, 5) is -0.0388. The van der Waals surface area contributed by atoms with Gasteiger partial charge in [0.15, 0.2) is 0 Å². The lowest BCUT2D eigenvalue weighted by Gasteiger charge is -2.15. The molecule has 0 saturated carbocycles. The van der Waals surface area contributed by atoms with Crippen LogP contribution in [0.2, 0.25) is 0 Å². The van der Waals surface area contributed by atoms with Crippen LogP contribution in [0, 0.1) is 0 Å². The lowest BCUT2D eigenvalue weighted by molar-refractivity contribution is 0.236. The molecule has 19 heavy (non-hydrogen) atoms. The van der Waals surface area contributed by atoms with Crippen molar-refractivity contribution < 1.29 is 13.2 Å². The van der Waals surface area contributed by atoms with Gasteiger partial charge in [-0.2, -0.15) is 0 Å². The molecule has 1 aromatic carbocycles. The van der Waals surface area contributed by atoms with Gasteiger partial charge >= 0.3 is 0 Å². The van der Waals surface area contributed by atoms with Crippen LogP contribution in [0.1, 0.15) is 12.5 Å². The Morgan fingerprint density at radius 1 is 1.58 bits per heavy atom. The average Bonchev–Trinajstić information content (AvgIpc) is 2.78. The van der Waals surface area contributed by atoms with Crippen molar-refractivity contribution in [3.8, 4) is 5.75 Å². The predicted octanol–water partition coefficient (Wildman–Crippen LogP) is 0.584. The van der Waals surface area contributed by atoms with Crippen LogP contribution in [-0.2, 0) is 16.4 Å². The Labute approximate surface area is 118 Å². The summed E-state index contributed by atoms with van der Waals surface area (Å²) in [6.07, 6.45) is 0.505. The second-order valence-electron chi connectivity index (χ2n) is 4.49. The van der Waals surface area contributed by atoms with Crippen molar-refractivity contribution in [1.82, 2.24) is 4.72 Å². The Balaban J connectivity index is 1.94. The molecule has 2 rings (SSSR count). The fraction of sp³-hybridized carbons (Fsp3) is 0.417. The molecule has 5 nitrogen and oxygen atoms in total. The number of sulfonamides is 1. The van der Waals surface area contributed by atoms with Gasteiger partial charge in [0.25, 0.3) is 0 Å². The maximum absolute atomic E-state index is 11.9. The lowest BCUT2D eigenvalue weighted by atomic mass is 10.1. The van der Waals surface area contributed by atoms with Gasteiger partial charge in [-0.15, -0.1) is 0 Å². The molecular weight excluding hydrogens is 284 g/mol. The number of fused-ring (bicyclic) bond motifs is 1. The molecule has 7 heteroatoms. The van der Waals surface area contributed by atoms with Gasteiger partial charge in [-0.05, 0) is 18.6 Å². The molecule has 0 bridgehead atoms. The lowest BCUT2D eigenvalue weighted by Crippen LogP contribution is -2.43. The highest BCUT2D eigenvalue weighted by Gasteiger charge is 2.27. The van der Waals surface area contributed by atoms with E-state index >= 15 is 0 Å². The Bertz CT molecular complexity index is 561. The van der Waals surface area contributed by atoms with Crippen LogP contribution in [0.3, 0.4) is 0 Å². The number of nitrogens with two attached hydrogens (primary N) is 1. The molecule has 2 atom stereocenters. The number of hydrogen-bond donors (Lipinski definition) is 2. The van der Waals surface area contributed by atoms with Crippen LogP contribution in [-0.4, -0.2) is 31.3 Å². The summed E-state index contributed by atoms with van der Waals surface area (Å²) >= 11 is 4.70. The molecule has 1 aliphatic rings. The predicted molar refractivity (Wildman–Crippen MR) is 77.7 cm³/mol. The number of nitrogens with one attached hydrogen (secondary N) is 1. The van der Waals surface area contributed by atoms with Gasteiger partial charge in [-0.1, -0.05) is 30.4 Å². The third kappa shape index (κ3) is 3.23. The second kappa shape index (κ2) is 5.44. The minimum absolute atomic E-state index is 0.0388. The topological polar surface area (TPSA) is 81.4 Å². The fourth-order valence-corrected chi connectivity index (χ4v) is 3.21. The van der Waals surface area contributed by atoms with E-state index in [2.05, 4.69) is 4.72 Å². The highest BCUT2D eigenvalue weighted by atomic mass is 32.2. The quantitative estimate of drug-likeness (QED) is 0.778. The van der Waals surface area contributed by atoms with E-state index in [0.717, 1.165) is 11.3 Å². The molecule has 2 unspecified atom stereocenters. The average molecular weight is 300 g/mol. The van der Waals surface area contributed by atoms with Crippen molar-refractivity contribution in [3.63, 3.8) is 0 Å². The molecule has 3 N–H and O–H groups in total. The monoisotopic (exact) mass is 300 g/mol. The Kier molecular flexibility index (Phi) is 4.07. The minimum atomic E-state index is -3.53. The highest BCUT2D eigenvalue weighted by molar-refractivity contribution is 7.93. The number of ether oxygens (including phenoxy) is 1. The second-order valence-corrected chi connectivity index (χ2v) is 7.05. The fourth-order valence-electron chi connectivity index (χ4n) is 1.85. The van der Waals surface area contributed by atoms with E-state index in [1.165, 1.54) is 6.92 Å². The molecule has 0 fully saturated rings. The van der Waals surface area contributed by atoms with Crippen LogP contribution in [0.15, 0.2) is 24.3 Å². The normalized spacial score (nSPS) is 19.5. The van der Waals surface area contributed by atoms with Crippen molar-refractivity contribution in [2.45, 2.75) is 24.7 Å². The zero-order valence-corrected chi connectivity index (χ0v) is 12.1. The van der Waals surface area contributed by atoms with Crippen LogP contribution in [0.5, 0.6) is 5.75 Å².